The molecular weight excluding hydrogens is 146 g/mol. The van der Waals surface area contributed by atoms with Crippen molar-refractivity contribution in [1.29, 1.82) is 0 Å². The Morgan fingerprint density at radius 2 is 1.42 bits per heavy atom. The van der Waals surface area contributed by atoms with E-state index in [1.165, 1.54) is 32.4 Å². The summed E-state index contributed by atoms with van der Waals surface area (Å²) in [4.78, 5) is 0. The largest absolute Gasteiger partial charge is 0.316 e. The first-order valence-electron chi connectivity index (χ1n) is 5.54. The molecule has 0 aromatic rings. The van der Waals surface area contributed by atoms with Gasteiger partial charge in [-0.3, -0.25) is 0 Å². The SMILES string of the molecule is C1CCC2(CC1)CC1(CNC1)C2. The zero-order valence-corrected chi connectivity index (χ0v) is 7.86. The van der Waals surface area contributed by atoms with Gasteiger partial charge in [-0.05, 0) is 36.5 Å². The summed E-state index contributed by atoms with van der Waals surface area (Å²) in [6.07, 6.45) is 10.8. The Kier molecular flexibility index (Phi) is 1.39. The Morgan fingerprint density at radius 3 is 1.92 bits per heavy atom. The molecule has 0 atom stereocenters. The summed E-state index contributed by atoms with van der Waals surface area (Å²) >= 11 is 0. The molecule has 2 aliphatic carbocycles. The van der Waals surface area contributed by atoms with Gasteiger partial charge in [0, 0.05) is 13.1 Å². The summed E-state index contributed by atoms with van der Waals surface area (Å²) in [6, 6.07) is 0. The van der Waals surface area contributed by atoms with Crippen LogP contribution in [0.3, 0.4) is 0 Å². The van der Waals surface area contributed by atoms with Gasteiger partial charge in [-0.25, -0.2) is 0 Å². The van der Waals surface area contributed by atoms with E-state index in [-0.39, 0.29) is 0 Å². The van der Waals surface area contributed by atoms with Gasteiger partial charge >= 0.3 is 0 Å². The third kappa shape index (κ3) is 0.891. The monoisotopic (exact) mass is 165 g/mol. The van der Waals surface area contributed by atoms with Crippen LogP contribution >= 0.6 is 0 Å². The van der Waals surface area contributed by atoms with Crippen LogP contribution in [0.25, 0.3) is 0 Å². The van der Waals surface area contributed by atoms with Crippen LogP contribution in [-0.4, -0.2) is 13.1 Å². The lowest BCUT2D eigenvalue weighted by Crippen LogP contribution is -2.64. The Labute approximate surface area is 74.9 Å². The van der Waals surface area contributed by atoms with E-state index in [0.29, 0.717) is 0 Å². The molecule has 2 saturated carbocycles. The molecule has 3 rings (SSSR count). The van der Waals surface area contributed by atoms with Crippen molar-refractivity contribution in [1.82, 2.24) is 5.32 Å². The topological polar surface area (TPSA) is 12.0 Å². The number of hydrogen-bond donors (Lipinski definition) is 1. The van der Waals surface area contributed by atoms with Gasteiger partial charge < -0.3 is 5.32 Å². The van der Waals surface area contributed by atoms with Crippen LogP contribution in [0, 0.1) is 10.8 Å². The summed E-state index contributed by atoms with van der Waals surface area (Å²) in [6.45, 7) is 2.66. The van der Waals surface area contributed by atoms with Crippen molar-refractivity contribution in [2.75, 3.05) is 13.1 Å². The second kappa shape index (κ2) is 2.25. The van der Waals surface area contributed by atoms with E-state index in [2.05, 4.69) is 5.32 Å². The van der Waals surface area contributed by atoms with Gasteiger partial charge in [0.2, 0.25) is 0 Å². The van der Waals surface area contributed by atoms with E-state index in [4.69, 9.17) is 0 Å². The zero-order chi connectivity index (χ0) is 8.07. The van der Waals surface area contributed by atoms with Crippen LogP contribution in [0.1, 0.15) is 44.9 Å². The van der Waals surface area contributed by atoms with Crippen molar-refractivity contribution < 1.29 is 0 Å². The van der Waals surface area contributed by atoms with Crippen LogP contribution in [0.5, 0.6) is 0 Å². The Bertz CT molecular complexity index is 177. The highest BCUT2D eigenvalue weighted by Gasteiger charge is 2.56. The van der Waals surface area contributed by atoms with E-state index in [1.807, 2.05) is 0 Å². The van der Waals surface area contributed by atoms with Crippen molar-refractivity contribution in [3.05, 3.63) is 0 Å². The second-order valence-electron chi connectivity index (χ2n) is 5.52. The average molecular weight is 165 g/mol. The maximum atomic E-state index is 3.43. The fourth-order valence-electron chi connectivity index (χ4n) is 3.92. The molecule has 0 aromatic heterocycles. The normalized spacial score (nSPS) is 36.0. The first-order chi connectivity index (χ1) is 5.83. The molecule has 0 radical (unpaired) electrons. The van der Waals surface area contributed by atoms with E-state index in [0.717, 1.165) is 10.8 Å². The third-order valence-electron chi connectivity index (χ3n) is 4.41. The molecule has 68 valence electrons. The van der Waals surface area contributed by atoms with E-state index in [9.17, 15) is 0 Å². The molecule has 1 heterocycles. The van der Waals surface area contributed by atoms with Gasteiger partial charge in [-0.1, -0.05) is 19.3 Å². The van der Waals surface area contributed by atoms with Gasteiger partial charge in [-0.2, -0.15) is 0 Å². The van der Waals surface area contributed by atoms with Crippen molar-refractivity contribution >= 4 is 0 Å². The number of nitrogens with one attached hydrogen (secondary N) is 1. The minimum atomic E-state index is 0.803. The third-order valence-corrected chi connectivity index (χ3v) is 4.41. The lowest BCUT2D eigenvalue weighted by Gasteiger charge is -2.62. The van der Waals surface area contributed by atoms with Crippen molar-refractivity contribution in [3.63, 3.8) is 0 Å². The van der Waals surface area contributed by atoms with Crippen LogP contribution in [0.2, 0.25) is 0 Å². The van der Waals surface area contributed by atoms with E-state index in [1.54, 1.807) is 25.7 Å². The fraction of sp³-hybridized carbons (Fsp3) is 1.00. The van der Waals surface area contributed by atoms with Crippen LogP contribution < -0.4 is 5.32 Å². The summed E-state index contributed by atoms with van der Waals surface area (Å²) in [7, 11) is 0. The summed E-state index contributed by atoms with van der Waals surface area (Å²) in [5.41, 5.74) is 1.65. The number of rotatable bonds is 0. The molecule has 0 unspecified atom stereocenters. The highest BCUT2D eigenvalue weighted by atomic mass is 15.0. The smallest absolute Gasteiger partial charge is 0.00206 e. The second-order valence-corrected chi connectivity index (χ2v) is 5.52. The molecule has 1 nitrogen and oxygen atoms in total. The summed E-state index contributed by atoms with van der Waals surface area (Å²) in [5.74, 6) is 0. The lowest BCUT2D eigenvalue weighted by atomic mass is 9.46. The molecular formula is C11H19N. The molecule has 3 aliphatic rings. The van der Waals surface area contributed by atoms with Gasteiger partial charge in [0.25, 0.3) is 0 Å². The first-order valence-corrected chi connectivity index (χ1v) is 5.54. The molecule has 1 aliphatic heterocycles. The van der Waals surface area contributed by atoms with Crippen LogP contribution in [-0.2, 0) is 0 Å². The van der Waals surface area contributed by atoms with Crippen molar-refractivity contribution in [3.8, 4) is 0 Å². The molecule has 12 heavy (non-hydrogen) atoms. The predicted molar refractivity (Wildman–Crippen MR) is 50.1 cm³/mol. The summed E-state index contributed by atoms with van der Waals surface area (Å²) in [5, 5.41) is 3.43. The molecule has 1 heteroatoms. The molecule has 0 bridgehead atoms. The molecule has 0 amide bonds. The molecule has 1 saturated heterocycles. The maximum absolute atomic E-state index is 3.43. The Hall–Kier alpha value is -0.0400. The Morgan fingerprint density at radius 1 is 0.750 bits per heavy atom. The van der Waals surface area contributed by atoms with Crippen LogP contribution in [0.15, 0.2) is 0 Å². The molecule has 0 aromatic carbocycles. The minimum absolute atomic E-state index is 0.803. The Balaban J connectivity index is 1.65. The van der Waals surface area contributed by atoms with Crippen LogP contribution in [0.4, 0.5) is 0 Å². The van der Waals surface area contributed by atoms with Gasteiger partial charge in [0.1, 0.15) is 0 Å². The molecule has 3 fully saturated rings. The van der Waals surface area contributed by atoms with E-state index < -0.39 is 0 Å². The van der Waals surface area contributed by atoms with E-state index >= 15 is 0 Å². The zero-order valence-electron chi connectivity index (χ0n) is 7.86. The summed E-state index contributed by atoms with van der Waals surface area (Å²) < 4.78 is 0. The highest BCUT2D eigenvalue weighted by Crippen LogP contribution is 2.62. The van der Waals surface area contributed by atoms with Gasteiger partial charge in [0.05, 0.1) is 0 Å². The fourth-order valence-corrected chi connectivity index (χ4v) is 3.92. The van der Waals surface area contributed by atoms with Gasteiger partial charge in [-0.15, -0.1) is 0 Å². The molecule has 1 N–H and O–H groups in total. The quantitative estimate of drug-likeness (QED) is 0.581. The molecule has 2 spiro atoms. The number of hydrogen-bond acceptors (Lipinski definition) is 1. The van der Waals surface area contributed by atoms with Crippen molar-refractivity contribution in [2.45, 2.75) is 44.9 Å². The van der Waals surface area contributed by atoms with Crippen molar-refractivity contribution in [2.24, 2.45) is 10.8 Å². The standard InChI is InChI=1S/C11H19N/c1-2-4-10(5-3-1)6-11(7-10)8-12-9-11/h12H,1-9H2. The highest BCUT2D eigenvalue weighted by molar-refractivity contribution is 5.09. The minimum Gasteiger partial charge on any atom is -0.316 e. The first kappa shape index (κ1) is 7.37. The van der Waals surface area contributed by atoms with Gasteiger partial charge in [0.15, 0.2) is 0 Å². The lowest BCUT2D eigenvalue weighted by molar-refractivity contribution is -0.0968. The average Bonchev–Trinajstić information content (AvgIpc) is 1.98. The maximum Gasteiger partial charge on any atom is 0.00206 e. The predicted octanol–water partition coefficient (Wildman–Crippen LogP) is 2.32.